The molecule has 3 aliphatic rings. The van der Waals surface area contributed by atoms with Crippen LogP contribution in [0.4, 0.5) is 4.79 Å². The minimum atomic E-state index is -3.90. The van der Waals surface area contributed by atoms with Crippen molar-refractivity contribution in [2.75, 3.05) is 19.6 Å². The van der Waals surface area contributed by atoms with E-state index >= 15 is 0 Å². The number of hydrogen-bond donors (Lipinski definition) is 4. The number of H-pyrrole nitrogens is 1. The molecule has 3 aromatic rings. The molecule has 39 heavy (non-hydrogen) atoms. The zero-order valence-corrected chi connectivity index (χ0v) is 22.6. The molecule has 0 radical (unpaired) electrons. The Labute approximate surface area is 229 Å². The number of hydrogen-bond acceptors (Lipinski definition) is 9. The Balaban J connectivity index is 1.24. The molecule has 2 amide bonds. The third-order valence-electron chi connectivity index (χ3n) is 7.33. The SMILES string of the molecule is CC1Cc2nc(C(=O)N3CCN(S(=O)(=O)c4cc5cc(Cl)ccc5[nH]4)CC3CCC3NOC(=O)N3)oc2CN1. The van der Waals surface area contributed by atoms with Crippen molar-refractivity contribution in [3.8, 4) is 0 Å². The topological polar surface area (TPSA) is 162 Å². The summed E-state index contributed by atoms with van der Waals surface area (Å²) in [5.74, 6) is 0.252. The summed E-state index contributed by atoms with van der Waals surface area (Å²) in [5, 5.41) is 7.17. The Hall–Kier alpha value is -3.17. The number of amides is 2. The molecule has 2 fully saturated rings. The minimum Gasteiger partial charge on any atom is -0.436 e. The van der Waals surface area contributed by atoms with Crippen LogP contribution in [0.1, 0.15) is 41.9 Å². The van der Waals surface area contributed by atoms with E-state index < -0.39 is 28.3 Å². The lowest BCUT2D eigenvalue weighted by Crippen LogP contribution is -2.57. The van der Waals surface area contributed by atoms with Crippen LogP contribution in [0.3, 0.4) is 0 Å². The highest BCUT2D eigenvalue weighted by atomic mass is 35.5. The van der Waals surface area contributed by atoms with Crippen LogP contribution < -0.4 is 16.1 Å². The predicted molar refractivity (Wildman–Crippen MR) is 139 cm³/mol. The molecule has 0 aliphatic carbocycles. The first-order valence-electron chi connectivity index (χ1n) is 12.7. The number of aromatic nitrogens is 2. The molecule has 13 nitrogen and oxygen atoms in total. The van der Waals surface area contributed by atoms with E-state index in [1.165, 1.54) is 4.31 Å². The Morgan fingerprint density at radius 2 is 2.08 bits per heavy atom. The standard InChI is InChI=1S/C24H28ClN7O6S/c1-13-8-18-19(11-26-13)37-22(28-18)23(33)32-7-6-31(12-16(32)3-5-20-29-24(34)38-30-20)39(35,36)21-10-14-9-15(25)2-4-17(14)27-21/h2,4,9-10,13,16,20,26-27,30H,3,5-8,11-12H2,1H3,(H,29,34). The summed E-state index contributed by atoms with van der Waals surface area (Å²) in [7, 11) is -3.90. The molecule has 2 aromatic heterocycles. The van der Waals surface area contributed by atoms with Gasteiger partial charge < -0.3 is 29.8 Å². The summed E-state index contributed by atoms with van der Waals surface area (Å²) in [5.41, 5.74) is 4.01. The van der Waals surface area contributed by atoms with Crippen LogP contribution in [0.25, 0.3) is 10.9 Å². The van der Waals surface area contributed by atoms with Gasteiger partial charge in [-0.3, -0.25) is 4.79 Å². The van der Waals surface area contributed by atoms with E-state index in [1.807, 2.05) is 6.92 Å². The first-order valence-corrected chi connectivity index (χ1v) is 14.5. The number of carbonyl (C=O) groups excluding carboxylic acids is 2. The van der Waals surface area contributed by atoms with Gasteiger partial charge in [-0.1, -0.05) is 11.6 Å². The second kappa shape index (κ2) is 10.1. The summed E-state index contributed by atoms with van der Waals surface area (Å²) >= 11 is 6.08. The van der Waals surface area contributed by atoms with E-state index in [2.05, 4.69) is 26.1 Å². The summed E-state index contributed by atoms with van der Waals surface area (Å²) < 4.78 is 34.5. The monoisotopic (exact) mass is 577 g/mol. The lowest BCUT2D eigenvalue weighted by atomic mass is 10.1. The van der Waals surface area contributed by atoms with E-state index in [1.54, 1.807) is 29.2 Å². The summed E-state index contributed by atoms with van der Waals surface area (Å²) in [6.45, 7) is 2.84. The van der Waals surface area contributed by atoms with Crippen molar-refractivity contribution in [1.82, 2.24) is 35.3 Å². The molecule has 3 atom stereocenters. The molecular formula is C24H28ClN7O6S. The minimum absolute atomic E-state index is 0.000306. The van der Waals surface area contributed by atoms with Crippen LogP contribution in [-0.4, -0.2) is 77.5 Å². The van der Waals surface area contributed by atoms with Gasteiger partial charge in [0.1, 0.15) is 17.0 Å². The lowest BCUT2D eigenvalue weighted by molar-refractivity contribution is 0.0494. The smallest absolute Gasteiger partial charge is 0.427 e. The van der Waals surface area contributed by atoms with Crippen molar-refractivity contribution in [3.05, 3.63) is 46.6 Å². The maximum atomic E-state index is 13.6. The molecule has 1 aromatic carbocycles. The number of halogens is 1. The normalized spacial score (nSPS) is 24.0. The fourth-order valence-corrected chi connectivity index (χ4v) is 6.92. The molecule has 6 rings (SSSR count). The van der Waals surface area contributed by atoms with Gasteiger partial charge in [0.15, 0.2) is 0 Å². The van der Waals surface area contributed by atoms with Crippen LogP contribution in [0.15, 0.2) is 33.7 Å². The van der Waals surface area contributed by atoms with Gasteiger partial charge in [0.2, 0.25) is 0 Å². The van der Waals surface area contributed by atoms with Gasteiger partial charge in [0.25, 0.3) is 15.9 Å². The first-order chi connectivity index (χ1) is 18.7. The van der Waals surface area contributed by atoms with Crippen LogP contribution in [0.2, 0.25) is 5.02 Å². The van der Waals surface area contributed by atoms with Crippen LogP contribution in [-0.2, 0) is 27.8 Å². The average Bonchev–Trinajstić information content (AvgIpc) is 3.64. The molecule has 0 spiro atoms. The maximum absolute atomic E-state index is 13.6. The highest BCUT2D eigenvalue weighted by Crippen LogP contribution is 2.28. The van der Waals surface area contributed by atoms with Crippen molar-refractivity contribution in [2.45, 2.75) is 56.0 Å². The molecule has 4 N–H and O–H groups in total. The van der Waals surface area contributed by atoms with E-state index in [4.69, 9.17) is 20.9 Å². The number of sulfonamides is 1. The fourth-order valence-electron chi connectivity index (χ4n) is 5.25. The molecule has 2 saturated heterocycles. The second-order valence-corrected chi connectivity index (χ2v) is 12.4. The van der Waals surface area contributed by atoms with Crippen molar-refractivity contribution in [1.29, 1.82) is 0 Å². The molecule has 0 saturated carbocycles. The Morgan fingerprint density at radius 1 is 1.23 bits per heavy atom. The number of benzene rings is 1. The summed E-state index contributed by atoms with van der Waals surface area (Å²) in [4.78, 5) is 38.8. The van der Waals surface area contributed by atoms with Crippen LogP contribution >= 0.6 is 11.6 Å². The van der Waals surface area contributed by atoms with Crippen molar-refractivity contribution in [2.24, 2.45) is 0 Å². The van der Waals surface area contributed by atoms with E-state index in [0.717, 1.165) is 5.69 Å². The number of nitrogens with one attached hydrogen (secondary N) is 4. The third kappa shape index (κ3) is 5.10. The van der Waals surface area contributed by atoms with Gasteiger partial charge in [-0.2, -0.15) is 4.31 Å². The largest absolute Gasteiger partial charge is 0.436 e. The highest BCUT2D eigenvalue weighted by Gasteiger charge is 2.39. The Morgan fingerprint density at radius 3 is 2.87 bits per heavy atom. The van der Waals surface area contributed by atoms with Gasteiger partial charge in [0, 0.05) is 54.1 Å². The number of oxazole rings is 1. The van der Waals surface area contributed by atoms with Gasteiger partial charge in [0.05, 0.1) is 12.2 Å². The van der Waals surface area contributed by atoms with Crippen LogP contribution in [0, 0.1) is 0 Å². The molecular weight excluding hydrogens is 550 g/mol. The number of fused-ring (bicyclic) bond motifs is 2. The van der Waals surface area contributed by atoms with Crippen LogP contribution in [0.5, 0.6) is 0 Å². The van der Waals surface area contributed by atoms with Crippen molar-refractivity contribution >= 4 is 44.5 Å². The summed E-state index contributed by atoms with van der Waals surface area (Å²) in [6.07, 6.45) is 0.405. The highest BCUT2D eigenvalue weighted by molar-refractivity contribution is 7.89. The number of aromatic amines is 1. The van der Waals surface area contributed by atoms with E-state index in [9.17, 15) is 18.0 Å². The predicted octanol–water partition coefficient (Wildman–Crippen LogP) is 1.71. The van der Waals surface area contributed by atoms with Gasteiger partial charge >= 0.3 is 12.0 Å². The fraction of sp³-hybridized carbons (Fsp3) is 0.458. The maximum Gasteiger partial charge on any atom is 0.427 e. The third-order valence-corrected chi connectivity index (χ3v) is 9.35. The Bertz CT molecular complexity index is 1540. The molecule has 0 bridgehead atoms. The quantitative estimate of drug-likeness (QED) is 0.342. The van der Waals surface area contributed by atoms with E-state index in [0.29, 0.717) is 47.5 Å². The zero-order valence-electron chi connectivity index (χ0n) is 21.1. The van der Waals surface area contributed by atoms with E-state index in [-0.39, 0.29) is 42.5 Å². The second-order valence-electron chi connectivity index (χ2n) is 10.0. The van der Waals surface area contributed by atoms with Crippen molar-refractivity contribution in [3.63, 3.8) is 0 Å². The number of hydroxylamine groups is 1. The molecule has 5 heterocycles. The van der Waals surface area contributed by atoms with Gasteiger partial charge in [-0.25, -0.2) is 18.2 Å². The average molecular weight is 578 g/mol. The number of piperazine rings is 1. The van der Waals surface area contributed by atoms with Gasteiger partial charge in [-0.15, -0.1) is 5.48 Å². The molecule has 208 valence electrons. The van der Waals surface area contributed by atoms with Gasteiger partial charge in [-0.05, 0) is 44.0 Å². The lowest BCUT2D eigenvalue weighted by Gasteiger charge is -2.40. The van der Waals surface area contributed by atoms with Crippen molar-refractivity contribution < 1.29 is 27.3 Å². The summed E-state index contributed by atoms with van der Waals surface area (Å²) in [6, 6.07) is 6.40. The molecule has 15 heteroatoms. The number of nitrogens with zero attached hydrogens (tertiary/aromatic N) is 3. The first kappa shape index (κ1) is 26.1. The molecule has 3 unspecified atom stereocenters. The Kier molecular flexibility index (Phi) is 6.75. The number of carbonyl (C=O) groups is 2. The molecule has 3 aliphatic heterocycles. The zero-order chi connectivity index (χ0) is 27.3. The number of rotatable bonds is 6.